The zero-order chi connectivity index (χ0) is 29.1. The number of fused-ring (bicyclic) bond motifs is 1. The first-order chi connectivity index (χ1) is 19.3. The van der Waals surface area contributed by atoms with Crippen LogP contribution in [-0.2, 0) is 19.1 Å². The van der Waals surface area contributed by atoms with Crippen LogP contribution in [0.15, 0.2) is 49.6 Å². The third-order valence-electron chi connectivity index (χ3n) is 8.86. The number of hydrogen-bond acceptors (Lipinski definition) is 5. The van der Waals surface area contributed by atoms with Crippen LogP contribution in [0.1, 0.15) is 52.4 Å². The maximum Gasteiger partial charge on any atom is 0.253 e. The average Bonchev–Trinajstić information content (AvgIpc) is 3.55. The summed E-state index contributed by atoms with van der Waals surface area (Å²) < 4.78 is 6.90. The van der Waals surface area contributed by atoms with Gasteiger partial charge in [0.1, 0.15) is 11.6 Å². The van der Waals surface area contributed by atoms with E-state index in [1.54, 1.807) is 45.1 Å². The van der Waals surface area contributed by atoms with Gasteiger partial charge in [0, 0.05) is 32.8 Å². The molecule has 3 fully saturated rings. The van der Waals surface area contributed by atoms with Crippen molar-refractivity contribution in [3.8, 4) is 0 Å². The van der Waals surface area contributed by atoms with Gasteiger partial charge in [0.05, 0.1) is 28.1 Å². The average molecular weight is 572 g/mol. The number of ether oxygens (including phenoxy) is 1. The number of halogens is 1. The van der Waals surface area contributed by atoms with E-state index < -0.39 is 29.1 Å². The van der Waals surface area contributed by atoms with Crippen LogP contribution in [0, 0.1) is 11.8 Å². The number of likely N-dealkylation sites (tertiary alicyclic amines) is 1. The number of amides is 3. The fourth-order valence-corrected chi connectivity index (χ4v) is 7.41. The molecule has 218 valence electrons. The second kappa shape index (κ2) is 12.5. The van der Waals surface area contributed by atoms with E-state index in [1.165, 1.54) is 0 Å². The highest BCUT2D eigenvalue weighted by Gasteiger charge is 2.79. The van der Waals surface area contributed by atoms with Gasteiger partial charge in [-0.05, 0) is 50.7 Å². The lowest BCUT2D eigenvalue weighted by molar-refractivity contribution is -0.151. The lowest BCUT2D eigenvalue weighted by atomic mass is 9.64. The monoisotopic (exact) mass is 571 g/mol. The van der Waals surface area contributed by atoms with Crippen molar-refractivity contribution in [2.45, 2.75) is 69.6 Å². The van der Waals surface area contributed by atoms with Gasteiger partial charge < -0.3 is 24.5 Å². The van der Waals surface area contributed by atoms with Gasteiger partial charge in [-0.3, -0.25) is 14.4 Å². The Morgan fingerprint density at radius 1 is 1.15 bits per heavy atom. The number of para-hydroxylation sites is 1. The standard InChI is InChI=1S/C31H42ClN3O5/c1-5-17-33(18-6-2)27(37)24-25-28(38)35(20-11-12-21-36)26(31(25)16-15-30(24,8-4)40-31)29(39)34(19-7-3)23-14-10-9-13-22(23)32/h5,7,9-10,13-14,24-26,36H,1,3,6,8,11-12,15-21H2,2,4H3/t24-,25+,26?,30+,31?/m1/s1. The van der Waals surface area contributed by atoms with Crippen molar-refractivity contribution in [1.82, 2.24) is 9.80 Å². The summed E-state index contributed by atoms with van der Waals surface area (Å²) in [5.74, 6) is -2.09. The van der Waals surface area contributed by atoms with Crippen LogP contribution in [0.4, 0.5) is 5.69 Å². The molecule has 3 amide bonds. The van der Waals surface area contributed by atoms with Crippen LogP contribution in [0.2, 0.25) is 5.02 Å². The molecule has 8 nitrogen and oxygen atoms in total. The minimum absolute atomic E-state index is 0.0124. The lowest BCUT2D eigenvalue weighted by Gasteiger charge is -2.37. The number of carbonyl (C=O) groups is 3. The molecule has 1 N–H and O–H groups in total. The van der Waals surface area contributed by atoms with Crippen molar-refractivity contribution in [1.29, 1.82) is 0 Å². The van der Waals surface area contributed by atoms with E-state index in [1.807, 2.05) is 19.9 Å². The Hall–Kier alpha value is -2.68. The van der Waals surface area contributed by atoms with E-state index in [0.29, 0.717) is 55.9 Å². The topological polar surface area (TPSA) is 90.4 Å². The van der Waals surface area contributed by atoms with Gasteiger partial charge in [0.2, 0.25) is 11.8 Å². The van der Waals surface area contributed by atoms with Gasteiger partial charge in [0.25, 0.3) is 5.91 Å². The number of rotatable bonds is 14. The number of aliphatic hydroxyl groups excluding tert-OH is 1. The van der Waals surface area contributed by atoms with E-state index in [2.05, 4.69) is 13.2 Å². The minimum atomic E-state index is -1.13. The Kier molecular flexibility index (Phi) is 9.43. The number of anilines is 1. The van der Waals surface area contributed by atoms with Crippen molar-refractivity contribution in [2.75, 3.05) is 37.7 Å². The van der Waals surface area contributed by atoms with E-state index in [-0.39, 0.29) is 37.4 Å². The first-order valence-corrected chi connectivity index (χ1v) is 14.8. The van der Waals surface area contributed by atoms with Crippen molar-refractivity contribution < 1.29 is 24.2 Å². The molecular weight excluding hydrogens is 530 g/mol. The zero-order valence-electron chi connectivity index (χ0n) is 23.7. The summed E-state index contributed by atoms with van der Waals surface area (Å²) in [4.78, 5) is 48.1. The summed E-state index contributed by atoms with van der Waals surface area (Å²) >= 11 is 6.54. The van der Waals surface area contributed by atoms with Crippen molar-refractivity contribution >= 4 is 35.0 Å². The van der Waals surface area contributed by atoms with Crippen LogP contribution in [-0.4, -0.2) is 82.7 Å². The molecule has 1 aromatic carbocycles. The third-order valence-corrected chi connectivity index (χ3v) is 9.18. The van der Waals surface area contributed by atoms with E-state index >= 15 is 0 Å². The maximum absolute atomic E-state index is 14.6. The summed E-state index contributed by atoms with van der Waals surface area (Å²) in [5.41, 5.74) is -1.41. The minimum Gasteiger partial charge on any atom is -0.396 e. The first-order valence-electron chi connectivity index (χ1n) is 14.4. The van der Waals surface area contributed by atoms with Gasteiger partial charge in [-0.2, -0.15) is 0 Å². The predicted molar refractivity (Wildman–Crippen MR) is 156 cm³/mol. The number of nitrogens with zero attached hydrogens (tertiary/aromatic N) is 3. The van der Waals surface area contributed by atoms with Gasteiger partial charge in [-0.25, -0.2) is 0 Å². The Balaban J connectivity index is 1.82. The number of benzene rings is 1. The molecule has 5 atom stereocenters. The van der Waals surface area contributed by atoms with Gasteiger partial charge >= 0.3 is 0 Å². The SMILES string of the molecule is C=CCN(CCC)C(=O)[C@H]1[C@H]2C(=O)N(CCCCO)C(C(=O)N(CC=C)c3ccccc3Cl)C23CC[C@]1(CC)O3. The highest BCUT2D eigenvalue weighted by Crippen LogP contribution is 2.64. The summed E-state index contributed by atoms with van der Waals surface area (Å²) in [6, 6.07) is 6.18. The molecule has 0 aliphatic carbocycles. The van der Waals surface area contributed by atoms with Crippen LogP contribution in [0.5, 0.6) is 0 Å². The molecule has 1 spiro atoms. The van der Waals surface area contributed by atoms with Crippen LogP contribution in [0.25, 0.3) is 0 Å². The second-order valence-corrected chi connectivity index (χ2v) is 11.5. The van der Waals surface area contributed by atoms with Crippen LogP contribution in [0.3, 0.4) is 0 Å². The zero-order valence-corrected chi connectivity index (χ0v) is 24.4. The summed E-state index contributed by atoms with van der Waals surface area (Å²) in [5, 5.41) is 9.85. The van der Waals surface area contributed by atoms with Crippen LogP contribution >= 0.6 is 11.6 Å². The molecule has 3 aliphatic heterocycles. The van der Waals surface area contributed by atoms with Gasteiger partial charge in [-0.15, -0.1) is 13.2 Å². The van der Waals surface area contributed by atoms with E-state index in [9.17, 15) is 19.5 Å². The summed E-state index contributed by atoms with van der Waals surface area (Å²) in [6.07, 6.45) is 6.80. The Morgan fingerprint density at radius 3 is 2.50 bits per heavy atom. The highest BCUT2D eigenvalue weighted by atomic mass is 35.5. The fourth-order valence-electron chi connectivity index (χ4n) is 7.18. The molecule has 1 aromatic rings. The lowest BCUT2D eigenvalue weighted by Crippen LogP contribution is -2.56. The fraction of sp³-hybridized carbons (Fsp3) is 0.581. The Bertz CT molecular complexity index is 1140. The molecule has 3 aliphatic rings. The molecular formula is C31H42ClN3O5. The molecule has 4 rings (SSSR count). The van der Waals surface area contributed by atoms with E-state index in [4.69, 9.17) is 16.3 Å². The molecule has 2 unspecified atom stereocenters. The van der Waals surface area contributed by atoms with E-state index in [0.717, 1.165) is 6.42 Å². The molecule has 40 heavy (non-hydrogen) atoms. The number of carbonyl (C=O) groups excluding carboxylic acids is 3. The molecule has 3 heterocycles. The Morgan fingerprint density at radius 2 is 1.88 bits per heavy atom. The van der Waals surface area contributed by atoms with Gasteiger partial charge in [-0.1, -0.05) is 49.7 Å². The number of unbranched alkanes of at least 4 members (excludes halogenated alkanes) is 1. The quantitative estimate of drug-likeness (QED) is 0.267. The molecule has 0 saturated carbocycles. The normalized spacial score (nSPS) is 28.4. The molecule has 3 saturated heterocycles. The number of aliphatic hydroxyl groups is 1. The van der Waals surface area contributed by atoms with Crippen LogP contribution < -0.4 is 4.90 Å². The van der Waals surface area contributed by atoms with Crippen molar-refractivity contribution in [2.24, 2.45) is 11.8 Å². The molecule has 9 heteroatoms. The first kappa shape index (κ1) is 30.3. The maximum atomic E-state index is 14.6. The van der Waals surface area contributed by atoms with Crippen molar-refractivity contribution in [3.05, 3.63) is 54.6 Å². The smallest absolute Gasteiger partial charge is 0.253 e. The summed E-state index contributed by atoms with van der Waals surface area (Å²) in [6.45, 7) is 13.1. The largest absolute Gasteiger partial charge is 0.396 e. The third kappa shape index (κ3) is 4.88. The highest BCUT2D eigenvalue weighted by molar-refractivity contribution is 6.34. The molecule has 0 aromatic heterocycles. The number of hydrogen-bond donors (Lipinski definition) is 1. The second-order valence-electron chi connectivity index (χ2n) is 11.1. The predicted octanol–water partition coefficient (Wildman–Crippen LogP) is 4.21. The van der Waals surface area contributed by atoms with Crippen molar-refractivity contribution in [3.63, 3.8) is 0 Å². The molecule has 0 radical (unpaired) electrons. The Labute approximate surface area is 242 Å². The van der Waals surface area contributed by atoms with Gasteiger partial charge in [0.15, 0.2) is 0 Å². The molecule has 2 bridgehead atoms. The summed E-state index contributed by atoms with van der Waals surface area (Å²) in [7, 11) is 0.